The molecule has 0 aliphatic heterocycles. The summed E-state index contributed by atoms with van der Waals surface area (Å²) in [6.45, 7) is 2.64. The zero-order valence-corrected chi connectivity index (χ0v) is 11.8. The molecular formula is C14H18FN3O3. The van der Waals surface area contributed by atoms with Crippen molar-refractivity contribution in [3.05, 3.63) is 33.6 Å². The molecule has 1 aromatic rings. The minimum absolute atomic E-state index is 0.187. The van der Waals surface area contributed by atoms with Gasteiger partial charge in [0.2, 0.25) is 0 Å². The van der Waals surface area contributed by atoms with Gasteiger partial charge in [-0.1, -0.05) is 13.3 Å². The number of nitrogens with two attached hydrogens (primary N) is 1. The Hall–Kier alpha value is -2.18. The summed E-state index contributed by atoms with van der Waals surface area (Å²) < 4.78 is 13.4. The average Bonchev–Trinajstić information content (AvgIpc) is 2.83. The number of nitrogens with zero attached hydrogens (tertiary/aromatic N) is 1. The Morgan fingerprint density at radius 3 is 2.81 bits per heavy atom. The molecule has 1 fully saturated rings. The number of amides is 1. The second kappa shape index (κ2) is 6.07. The summed E-state index contributed by atoms with van der Waals surface area (Å²) in [6, 6.07) is 1.64. The third-order valence-electron chi connectivity index (χ3n) is 3.92. The van der Waals surface area contributed by atoms with Crippen molar-refractivity contribution in [3.63, 3.8) is 0 Å². The molecule has 1 aliphatic carbocycles. The molecule has 114 valence electrons. The SMILES string of the molecule is CC1CCC(CNC(=O)c2cc(F)cc([N+](=O)[O-])c2N)C1. The first-order valence-corrected chi connectivity index (χ1v) is 6.90. The van der Waals surface area contributed by atoms with E-state index in [1.807, 2.05) is 0 Å². The number of benzene rings is 1. The third kappa shape index (κ3) is 3.48. The summed E-state index contributed by atoms with van der Waals surface area (Å²) in [6.07, 6.45) is 3.22. The highest BCUT2D eigenvalue weighted by Gasteiger charge is 2.24. The van der Waals surface area contributed by atoms with Gasteiger partial charge in [-0.05, 0) is 30.7 Å². The van der Waals surface area contributed by atoms with Crippen LogP contribution in [0.25, 0.3) is 0 Å². The van der Waals surface area contributed by atoms with Gasteiger partial charge >= 0.3 is 0 Å². The van der Waals surface area contributed by atoms with Gasteiger partial charge in [-0.2, -0.15) is 0 Å². The quantitative estimate of drug-likeness (QED) is 0.506. The molecule has 0 saturated heterocycles. The fourth-order valence-corrected chi connectivity index (χ4v) is 2.79. The van der Waals surface area contributed by atoms with E-state index in [0.29, 0.717) is 24.4 Å². The predicted molar refractivity (Wildman–Crippen MR) is 76.3 cm³/mol. The van der Waals surface area contributed by atoms with E-state index < -0.39 is 22.3 Å². The maximum Gasteiger partial charge on any atom is 0.295 e. The first-order valence-electron chi connectivity index (χ1n) is 6.90. The van der Waals surface area contributed by atoms with Crippen LogP contribution in [0.2, 0.25) is 0 Å². The summed E-state index contributed by atoms with van der Waals surface area (Å²) in [5.41, 5.74) is 4.51. The second-order valence-electron chi connectivity index (χ2n) is 5.64. The molecular weight excluding hydrogens is 277 g/mol. The summed E-state index contributed by atoms with van der Waals surface area (Å²) in [5.74, 6) is -0.383. The van der Waals surface area contributed by atoms with E-state index in [1.165, 1.54) is 0 Å². The minimum atomic E-state index is -0.851. The zero-order valence-electron chi connectivity index (χ0n) is 11.8. The van der Waals surface area contributed by atoms with Gasteiger partial charge in [0.1, 0.15) is 11.5 Å². The van der Waals surface area contributed by atoms with Crippen LogP contribution in [0.3, 0.4) is 0 Å². The number of nitro groups is 1. The van der Waals surface area contributed by atoms with Crippen molar-refractivity contribution in [1.29, 1.82) is 0 Å². The van der Waals surface area contributed by atoms with E-state index >= 15 is 0 Å². The highest BCUT2D eigenvalue weighted by molar-refractivity contribution is 6.01. The number of nitro benzene ring substituents is 1. The topological polar surface area (TPSA) is 98.3 Å². The number of carbonyl (C=O) groups excluding carboxylic acids is 1. The van der Waals surface area contributed by atoms with Crippen LogP contribution in [0.15, 0.2) is 12.1 Å². The molecule has 6 nitrogen and oxygen atoms in total. The van der Waals surface area contributed by atoms with E-state index in [-0.39, 0.29) is 11.3 Å². The van der Waals surface area contributed by atoms with Crippen LogP contribution in [-0.4, -0.2) is 17.4 Å². The van der Waals surface area contributed by atoms with Crippen LogP contribution in [0, 0.1) is 27.8 Å². The number of halogens is 1. The Labute approximate surface area is 121 Å². The lowest BCUT2D eigenvalue weighted by atomic mass is 10.1. The lowest BCUT2D eigenvalue weighted by Gasteiger charge is -2.12. The lowest BCUT2D eigenvalue weighted by molar-refractivity contribution is -0.384. The van der Waals surface area contributed by atoms with E-state index in [0.717, 1.165) is 25.3 Å². The molecule has 3 N–H and O–H groups in total. The van der Waals surface area contributed by atoms with Crippen molar-refractivity contribution >= 4 is 17.3 Å². The highest BCUT2D eigenvalue weighted by Crippen LogP contribution is 2.30. The van der Waals surface area contributed by atoms with Crippen molar-refractivity contribution in [3.8, 4) is 0 Å². The molecule has 21 heavy (non-hydrogen) atoms. The number of nitrogen functional groups attached to an aromatic ring is 1. The smallest absolute Gasteiger partial charge is 0.295 e. The third-order valence-corrected chi connectivity index (χ3v) is 3.92. The van der Waals surface area contributed by atoms with Gasteiger partial charge in [0.15, 0.2) is 0 Å². The standard InChI is InChI=1S/C14H18FN3O3/c1-8-2-3-9(4-8)7-17-14(19)11-5-10(15)6-12(13(11)16)18(20)21/h5-6,8-9H,2-4,7,16H2,1H3,(H,17,19). The van der Waals surface area contributed by atoms with Gasteiger partial charge < -0.3 is 11.1 Å². The largest absolute Gasteiger partial charge is 0.393 e. The zero-order chi connectivity index (χ0) is 15.6. The number of nitrogens with one attached hydrogen (secondary N) is 1. The van der Waals surface area contributed by atoms with Crippen LogP contribution in [0.5, 0.6) is 0 Å². The van der Waals surface area contributed by atoms with E-state index in [9.17, 15) is 19.3 Å². The number of rotatable bonds is 4. The molecule has 1 amide bonds. The van der Waals surface area contributed by atoms with Gasteiger partial charge in [0, 0.05) is 6.54 Å². The fourth-order valence-electron chi connectivity index (χ4n) is 2.79. The molecule has 2 unspecified atom stereocenters. The molecule has 2 atom stereocenters. The lowest BCUT2D eigenvalue weighted by Crippen LogP contribution is -2.29. The monoisotopic (exact) mass is 295 g/mol. The average molecular weight is 295 g/mol. The molecule has 7 heteroatoms. The van der Waals surface area contributed by atoms with Crippen LogP contribution in [-0.2, 0) is 0 Å². The van der Waals surface area contributed by atoms with E-state index in [2.05, 4.69) is 12.2 Å². The molecule has 1 aliphatic rings. The van der Waals surface area contributed by atoms with Gasteiger partial charge in [-0.3, -0.25) is 14.9 Å². The maximum atomic E-state index is 13.4. The van der Waals surface area contributed by atoms with Crippen molar-refractivity contribution in [2.45, 2.75) is 26.2 Å². The van der Waals surface area contributed by atoms with Crippen LogP contribution < -0.4 is 11.1 Å². The van der Waals surface area contributed by atoms with Gasteiger partial charge in [0.25, 0.3) is 11.6 Å². The van der Waals surface area contributed by atoms with Crippen molar-refractivity contribution in [2.24, 2.45) is 11.8 Å². The summed E-state index contributed by atoms with van der Waals surface area (Å²) >= 11 is 0. The summed E-state index contributed by atoms with van der Waals surface area (Å²) in [5, 5.41) is 13.5. The Bertz CT molecular complexity index is 577. The Morgan fingerprint density at radius 2 is 2.24 bits per heavy atom. The van der Waals surface area contributed by atoms with Crippen molar-refractivity contribution in [1.82, 2.24) is 5.32 Å². The predicted octanol–water partition coefficient (Wildman–Crippen LogP) is 2.48. The number of carbonyl (C=O) groups is 1. The molecule has 1 aromatic carbocycles. The number of hydrogen-bond donors (Lipinski definition) is 2. The Kier molecular flexibility index (Phi) is 4.40. The van der Waals surface area contributed by atoms with Crippen LogP contribution in [0.1, 0.15) is 36.5 Å². The van der Waals surface area contributed by atoms with E-state index in [1.54, 1.807) is 0 Å². The fraction of sp³-hybridized carbons (Fsp3) is 0.500. The first kappa shape index (κ1) is 15.2. The molecule has 1 saturated carbocycles. The molecule has 2 rings (SSSR count). The highest BCUT2D eigenvalue weighted by atomic mass is 19.1. The van der Waals surface area contributed by atoms with Crippen LogP contribution in [0.4, 0.5) is 15.8 Å². The number of anilines is 1. The normalized spacial score (nSPS) is 21.2. The second-order valence-corrected chi connectivity index (χ2v) is 5.64. The molecule has 0 bridgehead atoms. The molecule has 0 spiro atoms. The maximum absolute atomic E-state index is 13.4. The van der Waals surface area contributed by atoms with Gasteiger partial charge in [0.05, 0.1) is 16.6 Å². The van der Waals surface area contributed by atoms with Crippen molar-refractivity contribution < 1.29 is 14.1 Å². The Morgan fingerprint density at radius 1 is 1.52 bits per heavy atom. The van der Waals surface area contributed by atoms with E-state index in [4.69, 9.17) is 5.73 Å². The summed E-state index contributed by atoms with van der Waals surface area (Å²) in [7, 11) is 0. The molecule has 0 heterocycles. The molecule has 0 radical (unpaired) electrons. The molecule has 0 aromatic heterocycles. The van der Waals surface area contributed by atoms with Gasteiger partial charge in [-0.15, -0.1) is 0 Å². The first-order chi connectivity index (χ1) is 9.88. The van der Waals surface area contributed by atoms with Crippen molar-refractivity contribution in [2.75, 3.05) is 12.3 Å². The Balaban J connectivity index is 2.10. The van der Waals surface area contributed by atoms with Gasteiger partial charge in [-0.25, -0.2) is 4.39 Å². The number of hydrogen-bond acceptors (Lipinski definition) is 4. The summed E-state index contributed by atoms with van der Waals surface area (Å²) in [4.78, 5) is 22.0. The van der Waals surface area contributed by atoms with Crippen LogP contribution >= 0.6 is 0 Å². The minimum Gasteiger partial charge on any atom is -0.393 e.